The fraction of sp³-hybridized carbons (Fsp3) is 0.467. The van der Waals surface area contributed by atoms with Gasteiger partial charge in [0.15, 0.2) is 0 Å². The normalized spacial score (nSPS) is 21.9. The highest BCUT2D eigenvalue weighted by Crippen LogP contribution is 2.30. The van der Waals surface area contributed by atoms with Gasteiger partial charge in [-0.2, -0.15) is 0 Å². The molecule has 1 unspecified atom stereocenters. The topological polar surface area (TPSA) is 83.6 Å². The summed E-state index contributed by atoms with van der Waals surface area (Å²) < 4.78 is 0. The third kappa shape index (κ3) is 2.76. The number of carbonyl (C=O) groups excluding carboxylic acids is 1. The monoisotopic (exact) mass is 276 g/mol. The molecule has 20 heavy (non-hydrogen) atoms. The minimum absolute atomic E-state index is 0.0933. The van der Waals surface area contributed by atoms with Crippen LogP contribution in [0.1, 0.15) is 31.7 Å². The van der Waals surface area contributed by atoms with Crippen LogP contribution in [0.5, 0.6) is 0 Å². The molecule has 1 fully saturated rings. The summed E-state index contributed by atoms with van der Waals surface area (Å²) in [7, 11) is 0. The van der Waals surface area contributed by atoms with Crippen molar-refractivity contribution in [3.63, 3.8) is 0 Å². The highest BCUT2D eigenvalue weighted by molar-refractivity contribution is 5.87. The number of amides is 1. The Morgan fingerprint density at radius 3 is 2.60 bits per heavy atom. The van der Waals surface area contributed by atoms with Crippen LogP contribution in [0.15, 0.2) is 24.3 Å². The van der Waals surface area contributed by atoms with Gasteiger partial charge in [0.1, 0.15) is 5.54 Å². The number of hydrogen-bond acceptors (Lipinski definition) is 3. The van der Waals surface area contributed by atoms with Crippen molar-refractivity contribution in [2.75, 3.05) is 12.3 Å². The van der Waals surface area contributed by atoms with Crippen molar-refractivity contribution < 1.29 is 14.7 Å². The van der Waals surface area contributed by atoms with Gasteiger partial charge < -0.3 is 15.7 Å². The van der Waals surface area contributed by atoms with Crippen LogP contribution in [0.2, 0.25) is 0 Å². The first-order valence-electron chi connectivity index (χ1n) is 6.82. The van der Waals surface area contributed by atoms with Crippen molar-refractivity contribution in [2.24, 2.45) is 0 Å². The van der Waals surface area contributed by atoms with E-state index in [9.17, 15) is 14.7 Å². The van der Waals surface area contributed by atoms with Crippen LogP contribution in [0.25, 0.3) is 0 Å². The Kier molecular flexibility index (Phi) is 3.97. The number of rotatable bonds is 4. The molecule has 2 rings (SSSR count). The number of nitrogens with two attached hydrogens (primary N) is 1. The number of hydrogen-bond donors (Lipinski definition) is 2. The van der Waals surface area contributed by atoms with Gasteiger partial charge in [-0.05, 0) is 43.9 Å². The molecule has 1 saturated heterocycles. The number of likely N-dealkylation sites (tertiary alicyclic amines) is 1. The van der Waals surface area contributed by atoms with Gasteiger partial charge in [0.05, 0.1) is 0 Å². The first-order chi connectivity index (χ1) is 9.43. The maximum absolute atomic E-state index is 12.2. The van der Waals surface area contributed by atoms with Crippen LogP contribution in [-0.4, -0.2) is 34.0 Å². The minimum Gasteiger partial charge on any atom is -0.480 e. The molecule has 0 radical (unpaired) electrons. The van der Waals surface area contributed by atoms with E-state index in [-0.39, 0.29) is 5.91 Å². The molecule has 1 aromatic rings. The fourth-order valence-electron chi connectivity index (χ4n) is 2.66. The van der Waals surface area contributed by atoms with E-state index in [2.05, 4.69) is 0 Å². The number of aryl methyl sites for hydroxylation is 1. The van der Waals surface area contributed by atoms with Gasteiger partial charge in [-0.1, -0.05) is 12.1 Å². The molecule has 0 aromatic heterocycles. The molecule has 1 aliphatic heterocycles. The second-order valence-electron chi connectivity index (χ2n) is 5.47. The zero-order valence-corrected chi connectivity index (χ0v) is 11.6. The summed E-state index contributed by atoms with van der Waals surface area (Å²) in [4.78, 5) is 25.1. The lowest BCUT2D eigenvalue weighted by atomic mass is 9.98. The van der Waals surface area contributed by atoms with E-state index in [1.165, 1.54) is 4.90 Å². The van der Waals surface area contributed by atoms with Gasteiger partial charge in [-0.25, -0.2) is 4.79 Å². The lowest BCUT2D eigenvalue weighted by molar-refractivity contribution is -0.155. The van der Waals surface area contributed by atoms with Crippen molar-refractivity contribution >= 4 is 17.6 Å². The first-order valence-corrected chi connectivity index (χ1v) is 6.82. The summed E-state index contributed by atoms with van der Waals surface area (Å²) in [6, 6.07) is 7.39. The number of benzene rings is 1. The maximum atomic E-state index is 12.2. The van der Waals surface area contributed by atoms with Gasteiger partial charge in [0.2, 0.25) is 5.91 Å². The summed E-state index contributed by atoms with van der Waals surface area (Å²) in [5, 5.41) is 9.30. The molecule has 1 aromatic carbocycles. The van der Waals surface area contributed by atoms with Crippen molar-refractivity contribution in [2.45, 2.75) is 38.1 Å². The summed E-state index contributed by atoms with van der Waals surface area (Å²) in [5.41, 5.74) is 6.29. The largest absolute Gasteiger partial charge is 0.480 e. The number of aliphatic carboxylic acids is 1. The van der Waals surface area contributed by atoms with E-state index in [1.807, 2.05) is 12.1 Å². The average molecular weight is 276 g/mol. The van der Waals surface area contributed by atoms with Crippen molar-refractivity contribution in [3.8, 4) is 0 Å². The van der Waals surface area contributed by atoms with Crippen LogP contribution in [0.3, 0.4) is 0 Å². The summed E-state index contributed by atoms with van der Waals surface area (Å²) >= 11 is 0. The third-order valence-corrected chi connectivity index (χ3v) is 4.01. The molecule has 0 aliphatic carbocycles. The molecular formula is C15H20N2O3. The minimum atomic E-state index is -1.04. The van der Waals surface area contributed by atoms with Crippen LogP contribution < -0.4 is 5.73 Å². The van der Waals surface area contributed by atoms with E-state index < -0.39 is 11.5 Å². The third-order valence-electron chi connectivity index (χ3n) is 4.01. The Morgan fingerprint density at radius 2 is 2.00 bits per heavy atom. The number of anilines is 1. The average Bonchev–Trinajstić information content (AvgIpc) is 2.81. The Hall–Kier alpha value is -2.04. The van der Waals surface area contributed by atoms with Gasteiger partial charge in [0, 0.05) is 18.7 Å². The number of nitrogens with zero attached hydrogens (tertiary/aromatic N) is 1. The molecule has 3 N–H and O–H groups in total. The molecular weight excluding hydrogens is 256 g/mol. The fourth-order valence-corrected chi connectivity index (χ4v) is 2.66. The summed E-state index contributed by atoms with van der Waals surface area (Å²) in [5.74, 6) is -1.01. The zero-order chi connectivity index (χ0) is 14.8. The molecule has 0 bridgehead atoms. The number of carboxylic acids is 1. The quantitative estimate of drug-likeness (QED) is 0.819. The molecule has 0 spiro atoms. The number of nitrogen functional groups attached to an aromatic ring is 1. The van der Waals surface area contributed by atoms with Crippen molar-refractivity contribution in [1.82, 2.24) is 4.90 Å². The molecule has 1 atom stereocenters. The molecule has 5 nitrogen and oxygen atoms in total. The summed E-state index contributed by atoms with van der Waals surface area (Å²) in [6.45, 7) is 2.16. The highest BCUT2D eigenvalue weighted by Gasteiger charge is 2.45. The Bertz CT molecular complexity index is 512. The lowest BCUT2D eigenvalue weighted by Crippen LogP contribution is -2.50. The summed E-state index contributed by atoms with van der Waals surface area (Å²) in [6.07, 6.45) is 2.20. The Balaban J connectivity index is 1.98. The van der Waals surface area contributed by atoms with E-state index in [0.29, 0.717) is 31.5 Å². The van der Waals surface area contributed by atoms with Crippen LogP contribution in [-0.2, 0) is 16.0 Å². The van der Waals surface area contributed by atoms with Crippen LogP contribution >= 0.6 is 0 Å². The van der Waals surface area contributed by atoms with Crippen LogP contribution in [0.4, 0.5) is 5.69 Å². The molecule has 108 valence electrons. The van der Waals surface area contributed by atoms with E-state index in [0.717, 1.165) is 12.0 Å². The molecule has 5 heteroatoms. The van der Waals surface area contributed by atoms with Crippen molar-refractivity contribution in [1.29, 1.82) is 0 Å². The molecule has 1 aliphatic rings. The van der Waals surface area contributed by atoms with E-state index >= 15 is 0 Å². The second-order valence-corrected chi connectivity index (χ2v) is 5.47. The molecule has 1 heterocycles. The maximum Gasteiger partial charge on any atom is 0.329 e. The molecule has 0 saturated carbocycles. The van der Waals surface area contributed by atoms with Gasteiger partial charge in [-0.15, -0.1) is 0 Å². The predicted octanol–water partition coefficient (Wildman–Crippen LogP) is 1.67. The van der Waals surface area contributed by atoms with Gasteiger partial charge >= 0.3 is 5.97 Å². The predicted molar refractivity (Wildman–Crippen MR) is 76.2 cm³/mol. The Morgan fingerprint density at radius 1 is 1.35 bits per heavy atom. The zero-order valence-electron chi connectivity index (χ0n) is 11.6. The number of carbonyl (C=O) groups is 2. The highest BCUT2D eigenvalue weighted by atomic mass is 16.4. The molecule has 1 amide bonds. The van der Waals surface area contributed by atoms with E-state index in [1.54, 1.807) is 19.1 Å². The SMILES string of the molecule is CC1(C(=O)O)CCCN1C(=O)CCc1ccc(N)cc1. The van der Waals surface area contributed by atoms with Gasteiger partial charge in [0.25, 0.3) is 0 Å². The first kappa shape index (κ1) is 14.4. The van der Waals surface area contributed by atoms with Gasteiger partial charge in [-0.3, -0.25) is 4.79 Å². The lowest BCUT2D eigenvalue weighted by Gasteiger charge is -2.31. The van der Waals surface area contributed by atoms with Crippen LogP contribution in [0, 0.1) is 0 Å². The van der Waals surface area contributed by atoms with E-state index in [4.69, 9.17) is 5.73 Å². The standard InChI is InChI=1S/C15H20N2O3/c1-15(14(19)20)9-2-10-17(15)13(18)8-5-11-3-6-12(16)7-4-11/h3-4,6-7H,2,5,8-10,16H2,1H3,(H,19,20). The second kappa shape index (κ2) is 5.53. The van der Waals surface area contributed by atoms with Crippen molar-refractivity contribution in [3.05, 3.63) is 29.8 Å². The Labute approximate surface area is 118 Å². The number of carboxylic acid groups (broad SMARTS) is 1. The smallest absolute Gasteiger partial charge is 0.329 e.